The van der Waals surface area contributed by atoms with E-state index in [9.17, 15) is 0 Å². The minimum absolute atomic E-state index is 0.840. The zero-order valence-electron chi connectivity index (χ0n) is 9.21. The van der Waals surface area contributed by atoms with Crippen LogP contribution >= 0.6 is 23.5 Å². The Kier molecular flexibility index (Phi) is 3.32. The van der Waals surface area contributed by atoms with Crippen LogP contribution in [0.5, 0.6) is 0 Å². The number of hydrogen-bond acceptors (Lipinski definition) is 3. The minimum atomic E-state index is 0.840. The Balaban J connectivity index is 1.83. The molecule has 15 heavy (non-hydrogen) atoms. The van der Waals surface area contributed by atoms with Crippen LogP contribution in [0.25, 0.3) is 0 Å². The first-order valence-corrected chi connectivity index (χ1v) is 8.15. The molecule has 3 heteroatoms. The fraction of sp³-hybridized carbons (Fsp3) is 0.833. The Bertz CT molecular complexity index is 267. The van der Waals surface area contributed by atoms with E-state index in [1.165, 1.54) is 56.7 Å². The van der Waals surface area contributed by atoms with Crippen LogP contribution in [0.2, 0.25) is 0 Å². The van der Waals surface area contributed by atoms with Gasteiger partial charge in [0, 0.05) is 10.3 Å². The predicted octanol–water partition coefficient (Wildman–Crippen LogP) is 3.33. The van der Waals surface area contributed by atoms with Gasteiger partial charge in [0.15, 0.2) is 0 Å². The molecule has 0 aromatic rings. The lowest BCUT2D eigenvalue weighted by atomic mass is 9.97. The van der Waals surface area contributed by atoms with Gasteiger partial charge in [-0.2, -0.15) is 0 Å². The van der Waals surface area contributed by atoms with Crippen LogP contribution in [0.3, 0.4) is 0 Å². The summed E-state index contributed by atoms with van der Waals surface area (Å²) < 4.78 is 1.71. The summed E-state index contributed by atoms with van der Waals surface area (Å²) in [7, 11) is 0. The van der Waals surface area contributed by atoms with E-state index in [2.05, 4.69) is 28.4 Å². The van der Waals surface area contributed by atoms with Crippen molar-refractivity contribution in [2.24, 2.45) is 0 Å². The Hall–Kier alpha value is 0.400. The molecule has 0 saturated carbocycles. The highest BCUT2D eigenvalue weighted by Gasteiger charge is 2.32. The van der Waals surface area contributed by atoms with Gasteiger partial charge in [0.2, 0.25) is 0 Å². The SMILES string of the molecule is C1CSC(=C2CCCN3CCCC23)SC1. The second-order valence-corrected chi connectivity index (χ2v) is 7.13. The molecule has 0 N–H and O–H groups in total. The Morgan fingerprint density at radius 3 is 2.67 bits per heavy atom. The monoisotopic (exact) mass is 241 g/mol. The van der Waals surface area contributed by atoms with Crippen LogP contribution in [0, 0.1) is 0 Å². The van der Waals surface area contributed by atoms with Gasteiger partial charge in [-0.15, -0.1) is 23.5 Å². The summed E-state index contributed by atoms with van der Waals surface area (Å²) in [5, 5.41) is 0. The van der Waals surface area contributed by atoms with Crippen molar-refractivity contribution in [2.45, 2.75) is 38.1 Å². The average Bonchev–Trinajstić information content (AvgIpc) is 2.78. The molecule has 3 rings (SSSR count). The van der Waals surface area contributed by atoms with Crippen LogP contribution in [0.1, 0.15) is 32.1 Å². The zero-order valence-corrected chi connectivity index (χ0v) is 10.8. The largest absolute Gasteiger partial charge is 0.297 e. The van der Waals surface area contributed by atoms with Crippen LogP contribution < -0.4 is 0 Å². The quantitative estimate of drug-likeness (QED) is 0.640. The van der Waals surface area contributed by atoms with Gasteiger partial charge in [-0.25, -0.2) is 0 Å². The highest BCUT2D eigenvalue weighted by Crippen LogP contribution is 2.43. The summed E-state index contributed by atoms with van der Waals surface area (Å²) >= 11 is 4.27. The number of piperidine rings is 1. The van der Waals surface area contributed by atoms with Gasteiger partial charge in [0.1, 0.15) is 0 Å². The molecule has 3 aliphatic rings. The standard InChI is InChI=1S/C12H19NS2/c1-4-10(12-14-8-3-9-15-12)11-5-2-7-13(11)6-1/h11H,1-9H2. The summed E-state index contributed by atoms with van der Waals surface area (Å²) in [6.07, 6.45) is 7.05. The molecule has 3 saturated heterocycles. The first-order valence-electron chi connectivity index (χ1n) is 6.18. The maximum absolute atomic E-state index is 2.72. The van der Waals surface area contributed by atoms with Crippen molar-refractivity contribution in [3.05, 3.63) is 9.81 Å². The van der Waals surface area contributed by atoms with Gasteiger partial charge in [-0.1, -0.05) is 0 Å². The third-order valence-corrected chi connectivity index (χ3v) is 6.42. The molecule has 3 aliphatic heterocycles. The van der Waals surface area contributed by atoms with E-state index in [-0.39, 0.29) is 0 Å². The molecular weight excluding hydrogens is 222 g/mol. The van der Waals surface area contributed by atoms with Crippen molar-refractivity contribution in [2.75, 3.05) is 24.6 Å². The maximum Gasteiger partial charge on any atom is 0.0408 e. The minimum Gasteiger partial charge on any atom is -0.297 e. The van der Waals surface area contributed by atoms with Crippen molar-refractivity contribution in [1.29, 1.82) is 0 Å². The summed E-state index contributed by atoms with van der Waals surface area (Å²) in [6.45, 7) is 2.72. The normalized spacial score (nSPS) is 33.2. The molecule has 0 bridgehead atoms. The first-order chi connectivity index (χ1) is 7.45. The molecule has 0 aromatic carbocycles. The summed E-state index contributed by atoms with van der Waals surface area (Å²) in [5.74, 6) is 2.72. The van der Waals surface area contributed by atoms with Crippen molar-refractivity contribution in [3.63, 3.8) is 0 Å². The molecule has 0 aromatic heterocycles. The highest BCUT2D eigenvalue weighted by atomic mass is 32.2. The topological polar surface area (TPSA) is 3.24 Å². The van der Waals surface area contributed by atoms with E-state index >= 15 is 0 Å². The molecule has 0 amide bonds. The molecule has 0 aliphatic carbocycles. The third-order valence-electron chi connectivity index (χ3n) is 3.67. The molecule has 1 atom stereocenters. The summed E-state index contributed by atoms with van der Waals surface area (Å²) in [5.41, 5.74) is 1.81. The van der Waals surface area contributed by atoms with E-state index in [1.54, 1.807) is 4.24 Å². The van der Waals surface area contributed by atoms with Crippen molar-refractivity contribution < 1.29 is 0 Å². The van der Waals surface area contributed by atoms with E-state index in [0.717, 1.165) is 6.04 Å². The van der Waals surface area contributed by atoms with Crippen LogP contribution in [-0.4, -0.2) is 35.5 Å². The van der Waals surface area contributed by atoms with E-state index < -0.39 is 0 Å². The average molecular weight is 241 g/mol. The van der Waals surface area contributed by atoms with Gasteiger partial charge in [0.05, 0.1) is 0 Å². The molecule has 1 unspecified atom stereocenters. The molecular formula is C12H19NS2. The van der Waals surface area contributed by atoms with Gasteiger partial charge >= 0.3 is 0 Å². The third kappa shape index (κ3) is 2.11. The Labute approximate surface area is 101 Å². The van der Waals surface area contributed by atoms with Crippen molar-refractivity contribution in [1.82, 2.24) is 4.90 Å². The van der Waals surface area contributed by atoms with E-state index in [1.807, 2.05) is 5.57 Å². The lowest BCUT2D eigenvalue weighted by molar-refractivity contribution is 0.245. The fourth-order valence-corrected chi connectivity index (χ4v) is 5.79. The number of rotatable bonds is 0. The number of nitrogens with zero attached hydrogens (tertiary/aromatic N) is 1. The van der Waals surface area contributed by atoms with Gasteiger partial charge in [0.25, 0.3) is 0 Å². The van der Waals surface area contributed by atoms with Gasteiger partial charge in [-0.3, -0.25) is 4.90 Å². The molecule has 0 spiro atoms. The van der Waals surface area contributed by atoms with E-state index in [4.69, 9.17) is 0 Å². The van der Waals surface area contributed by atoms with Crippen molar-refractivity contribution >= 4 is 23.5 Å². The lowest BCUT2D eigenvalue weighted by Gasteiger charge is -2.34. The summed E-state index contributed by atoms with van der Waals surface area (Å²) in [4.78, 5) is 2.72. The molecule has 3 heterocycles. The first kappa shape index (κ1) is 10.5. The predicted molar refractivity (Wildman–Crippen MR) is 70.4 cm³/mol. The highest BCUT2D eigenvalue weighted by molar-refractivity contribution is 8.22. The second-order valence-electron chi connectivity index (χ2n) is 4.66. The zero-order chi connectivity index (χ0) is 10.1. The molecule has 1 nitrogen and oxygen atoms in total. The fourth-order valence-electron chi connectivity index (χ4n) is 2.98. The number of fused-ring (bicyclic) bond motifs is 1. The summed E-state index contributed by atoms with van der Waals surface area (Å²) in [6, 6.07) is 0.840. The van der Waals surface area contributed by atoms with Gasteiger partial charge < -0.3 is 0 Å². The molecule has 0 radical (unpaired) electrons. The Morgan fingerprint density at radius 1 is 1.00 bits per heavy atom. The van der Waals surface area contributed by atoms with Crippen LogP contribution in [-0.2, 0) is 0 Å². The van der Waals surface area contributed by atoms with Gasteiger partial charge in [-0.05, 0) is 62.3 Å². The Morgan fingerprint density at radius 2 is 1.80 bits per heavy atom. The van der Waals surface area contributed by atoms with Crippen molar-refractivity contribution in [3.8, 4) is 0 Å². The smallest absolute Gasteiger partial charge is 0.0408 e. The van der Waals surface area contributed by atoms with Crippen LogP contribution in [0.15, 0.2) is 9.81 Å². The second kappa shape index (κ2) is 4.72. The van der Waals surface area contributed by atoms with E-state index in [0.29, 0.717) is 0 Å². The van der Waals surface area contributed by atoms with Crippen LogP contribution in [0.4, 0.5) is 0 Å². The maximum atomic E-state index is 2.72. The number of thioether (sulfide) groups is 2. The number of hydrogen-bond donors (Lipinski definition) is 0. The lowest BCUT2D eigenvalue weighted by Crippen LogP contribution is -2.36. The molecule has 3 fully saturated rings. The molecule has 84 valence electrons.